The van der Waals surface area contributed by atoms with Crippen molar-refractivity contribution in [3.05, 3.63) is 42.2 Å². The van der Waals surface area contributed by atoms with E-state index in [1.165, 1.54) is 10.9 Å². The molecule has 10 nitrogen and oxygen atoms in total. The molecule has 1 aromatic carbocycles. The van der Waals surface area contributed by atoms with Crippen LogP contribution in [0.4, 0.5) is 5.95 Å². The number of benzene rings is 1. The van der Waals surface area contributed by atoms with Gasteiger partial charge in [-0.2, -0.15) is 9.97 Å². The second-order valence-electron chi connectivity index (χ2n) is 6.21. The zero-order chi connectivity index (χ0) is 19.0. The van der Waals surface area contributed by atoms with Gasteiger partial charge in [0.1, 0.15) is 24.9 Å². The summed E-state index contributed by atoms with van der Waals surface area (Å²) >= 11 is 0. The van der Waals surface area contributed by atoms with Gasteiger partial charge >= 0.3 is 0 Å². The Labute approximate surface area is 153 Å². The first-order valence-corrected chi connectivity index (χ1v) is 8.37. The highest BCUT2D eigenvalue weighted by Gasteiger charge is 2.44. The van der Waals surface area contributed by atoms with Crippen LogP contribution >= 0.6 is 0 Å². The lowest BCUT2D eigenvalue weighted by atomic mass is 10.1. The first-order chi connectivity index (χ1) is 13.1. The SMILES string of the molecule is Nc1nc(OCc2ccccc2)c2ncn([C@@H]3O[C@H](CO)[C@H](O)[C@H]3O)c2n1. The van der Waals surface area contributed by atoms with Crippen LogP contribution in [0, 0.1) is 0 Å². The van der Waals surface area contributed by atoms with Crippen LogP contribution in [0.25, 0.3) is 11.2 Å². The number of nitrogen functional groups attached to an aromatic ring is 1. The van der Waals surface area contributed by atoms with E-state index in [0.29, 0.717) is 11.2 Å². The minimum atomic E-state index is -1.26. The molecule has 2 aromatic heterocycles. The number of imidazole rings is 1. The van der Waals surface area contributed by atoms with Crippen molar-refractivity contribution in [3.63, 3.8) is 0 Å². The molecule has 1 aliphatic rings. The molecule has 0 unspecified atom stereocenters. The van der Waals surface area contributed by atoms with Gasteiger partial charge in [0.25, 0.3) is 0 Å². The molecule has 10 heteroatoms. The van der Waals surface area contributed by atoms with Crippen molar-refractivity contribution in [2.45, 2.75) is 31.1 Å². The number of aliphatic hydroxyl groups is 3. The smallest absolute Gasteiger partial charge is 0.247 e. The highest BCUT2D eigenvalue weighted by atomic mass is 16.6. The van der Waals surface area contributed by atoms with Crippen LogP contribution in [0.15, 0.2) is 36.7 Å². The van der Waals surface area contributed by atoms with Crippen molar-refractivity contribution in [1.82, 2.24) is 19.5 Å². The monoisotopic (exact) mass is 373 g/mol. The number of nitrogens with two attached hydrogens (primary N) is 1. The molecular formula is C17H19N5O5. The predicted molar refractivity (Wildman–Crippen MR) is 93.5 cm³/mol. The molecule has 4 rings (SSSR count). The molecule has 0 radical (unpaired) electrons. The van der Waals surface area contributed by atoms with E-state index in [4.69, 9.17) is 15.2 Å². The van der Waals surface area contributed by atoms with Crippen LogP contribution in [0.2, 0.25) is 0 Å². The second-order valence-corrected chi connectivity index (χ2v) is 6.21. The van der Waals surface area contributed by atoms with E-state index < -0.39 is 31.1 Å². The van der Waals surface area contributed by atoms with E-state index >= 15 is 0 Å². The van der Waals surface area contributed by atoms with Gasteiger partial charge in [-0.1, -0.05) is 30.3 Å². The first-order valence-electron chi connectivity index (χ1n) is 8.37. The van der Waals surface area contributed by atoms with Crippen LogP contribution in [0.1, 0.15) is 11.8 Å². The number of nitrogens with zero attached hydrogens (tertiary/aromatic N) is 4. The Morgan fingerprint density at radius 3 is 2.63 bits per heavy atom. The third kappa shape index (κ3) is 3.19. The van der Waals surface area contributed by atoms with Crippen molar-refractivity contribution in [1.29, 1.82) is 0 Å². The normalized spacial score (nSPS) is 25.1. The van der Waals surface area contributed by atoms with E-state index in [9.17, 15) is 15.3 Å². The molecular weight excluding hydrogens is 354 g/mol. The van der Waals surface area contributed by atoms with Crippen LogP contribution in [0.3, 0.4) is 0 Å². The highest BCUT2D eigenvalue weighted by molar-refractivity contribution is 5.77. The molecule has 3 aromatic rings. The zero-order valence-electron chi connectivity index (χ0n) is 14.2. The third-order valence-electron chi connectivity index (χ3n) is 4.42. The summed E-state index contributed by atoms with van der Waals surface area (Å²) in [6.45, 7) is -0.156. The topological polar surface area (TPSA) is 149 Å². The lowest BCUT2D eigenvalue weighted by Crippen LogP contribution is -2.33. The van der Waals surface area contributed by atoms with Gasteiger partial charge in [0.15, 0.2) is 17.4 Å². The predicted octanol–water partition coefficient (Wildman–Crippen LogP) is -0.401. The molecule has 5 N–H and O–H groups in total. The maximum atomic E-state index is 10.2. The number of aromatic nitrogens is 4. The molecule has 27 heavy (non-hydrogen) atoms. The molecule has 0 aliphatic carbocycles. The van der Waals surface area contributed by atoms with Crippen LogP contribution in [0.5, 0.6) is 5.88 Å². The summed E-state index contributed by atoms with van der Waals surface area (Å²) in [5.41, 5.74) is 7.39. The lowest BCUT2D eigenvalue weighted by Gasteiger charge is -2.16. The van der Waals surface area contributed by atoms with Crippen LogP contribution < -0.4 is 10.5 Å². The standard InChI is InChI=1S/C17H19N5O5/c18-17-20-14-11(15(21-17)26-7-9-4-2-1-3-5-9)19-8-22(14)16-13(25)12(24)10(6-23)27-16/h1-5,8,10,12-13,16,23-25H,6-7H2,(H2,18,20,21)/t10-,12+,13-,16-/m1/s1. The summed E-state index contributed by atoms with van der Waals surface area (Å²) in [5.74, 6) is 0.172. The molecule has 142 valence electrons. The van der Waals surface area contributed by atoms with E-state index in [1.807, 2.05) is 30.3 Å². The van der Waals surface area contributed by atoms with Gasteiger partial charge in [0.2, 0.25) is 11.8 Å². The highest BCUT2D eigenvalue weighted by Crippen LogP contribution is 2.33. The maximum Gasteiger partial charge on any atom is 0.247 e. The van der Waals surface area contributed by atoms with E-state index in [0.717, 1.165) is 5.56 Å². The molecule has 0 amide bonds. The van der Waals surface area contributed by atoms with Gasteiger partial charge in [-0.3, -0.25) is 4.57 Å². The maximum absolute atomic E-state index is 10.2. The summed E-state index contributed by atoms with van der Waals surface area (Å²) in [6, 6.07) is 9.55. The van der Waals surface area contributed by atoms with Crippen molar-refractivity contribution in [2.24, 2.45) is 0 Å². The van der Waals surface area contributed by atoms with Gasteiger partial charge in [-0.25, -0.2) is 4.98 Å². The molecule has 4 atom stereocenters. The Hall–Kier alpha value is -2.79. The van der Waals surface area contributed by atoms with Crippen molar-refractivity contribution >= 4 is 17.1 Å². The molecule has 1 saturated heterocycles. The average molecular weight is 373 g/mol. The molecule has 1 fully saturated rings. The zero-order valence-corrected chi connectivity index (χ0v) is 14.2. The number of hydrogen-bond acceptors (Lipinski definition) is 9. The fraction of sp³-hybridized carbons (Fsp3) is 0.353. The first kappa shape index (κ1) is 17.6. The van der Waals surface area contributed by atoms with Gasteiger partial charge in [-0.05, 0) is 5.56 Å². The summed E-state index contributed by atoms with van der Waals surface area (Å²) in [5, 5.41) is 29.5. The Morgan fingerprint density at radius 1 is 1.15 bits per heavy atom. The number of hydrogen-bond donors (Lipinski definition) is 4. The van der Waals surface area contributed by atoms with Gasteiger partial charge < -0.3 is 30.5 Å². The second kappa shape index (κ2) is 7.08. The average Bonchev–Trinajstić information content (AvgIpc) is 3.22. The van der Waals surface area contributed by atoms with Gasteiger partial charge in [0, 0.05) is 0 Å². The molecule has 0 bridgehead atoms. The number of ether oxygens (including phenoxy) is 2. The van der Waals surface area contributed by atoms with E-state index in [-0.39, 0.29) is 18.4 Å². The quantitative estimate of drug-likeness (QED) is 0.468. The molecule has 1 aliphatic heterocycles. The number of aliphatic hydroxyl groups excluding tert-OH is 3. The number of anilines is 1. The fourth-order valence-corrected chi connectivity index (χ4v) is 3.03. The summed E-state index contributed by atoms with van der Waals surface area (Å²) in [4.78, 5) is 12.5. The molecule has 3 heterocycles. The van der Waals surface area contributed by atoms with Crippen LogP contribution in [-0.4, -0.2) is 59.8 Å². The minimum absolute atomic E-state index is 0.0287. The Kier molecular flexibility index (Phi) is 4.62. The Morgan fingerprint density at radius 2 is 1.93 bits per heavy atom. The van der Waals surface area contributed by atoms with Gasteiger partial charge in [0.05, 0.1) is 12.9 Å². The van der Waals surface area contributed by atoms with Gasteiger partial charge in [-0.15, -0.1) is 0 Å². The third-order valence-corrected chi connectivity index (χ3v) is 4.42. The Balaban J connectivity index is 1.66. The lowest BCUT2D eigenvalue weighted by molar-refractivity contribution is -0.0511. The Bertz CT molecular complexity index is 934. The van der Waals surface area contributed by atoms with Crippen molar-refractivity contribution < 1.29 is 24.8 Å². The van der Waals surface area contributed by atoms with E-state index in [2.05, 4.69) is 15.0 Å². The number of fused-ring (bicyclic) bond motifs is 1. The van der Waals surface area contributed by atoms with Crippen molar-refractivity contribution in [3.8, 4) is 5.88 Å². The number of rotatable bonds is 5. The summed E-state index contributed by atoms with van der Waals surface area (Å²) in [6.07, 6.45) is -2.97. The summed E-state index contributed by atoms with van der Waals surface area (Å²) < 4.78 is 12.7. The van der Waals surface area contributed by atoms with Crippen molar-refractivity contribution in [2.75, 3.05) is 12.3 Å². The van der Waals surface area contributed by atoms with Crippen LogP contribution in [-0.2, 0) is 11.3 Å². The summed E-state index contributed by atoms with van der Waals surface area (Å²) in [7, 11) is 0. The molecule has 0 saturated carbocycles. The molecule has 0 spiro atoms. The fourth-order valence-electron chi connectivity index (χ4n) is 3.03. The van der Waals surface area contributed by atoms with E-state index in [1.54, 1.807) is 0 Å². The largest absolute Gasteiger partial charge is 0.471 e. The minimum Gasteiger partial charge on any atom is -0.471 e.